The lowest BCUT2D eigenvalue weighted by molar-refractivity contribution is -0.138. The van der Waals surface area contributed by atoms with Gasteiger partial charge in [-0.05, 0) is 30.9 Å². The largest absolute Gasteiger partial charge is 0.481 e. The number of nitrogens with one attached hydrogen (secondary N) is 1. The Morgan fingerprint density at radius 3 is 2.62 bits per heavy atom. The predicted octanol–water partition coefficient (Wildman–Crippen LogP) is 2.20. The van der Waals surface area contributed by atoms with Gasteiger partial charge in [0, 0.05) is 12.5 Å². The summed E-state index contributed by atoms with van der Waals surface area (Å²) in [6, 6.07) is 10.7. The fourth-order valence-corrected chi connectivity index (χ4v) is 2.31. The van der Waals surface area contributed by atoms with Crippen LogP contribution in [0.3, 0.4) is 0 Å². The molecular formula is C13H17NO2. The van der Waals surface area contributed by atoms with Crippen LogP contribution in [0.15, 0.2) is 30.3 Å². The van der Waals surface area contributed by atoms with Crippen LogP contribution in [0, 0.1) is 5.92 Å². The number of piperidine rings is 1. The summed E-state index contributed by atoms with van der Waals surface area (Å²) in [6.07, 6.45) is 2.31. The van der Waals surface area contributed by atoms with Gasteiger partial charge in [-0.25, -0.2) is 0 Å². The predicted molar refractivity (Wildman–Crippen MR) is 62.2 cm³/mol. The van der Waals surface area contributed by atoms with Gasteiger partial charge in [-0.2, -0.15) is 0 Å². The zero-order valence-corrected chi connectivity index (χ0v) is 9.23. The first-order chi connectivity index (χ1) is 7.75. The molecule has 0 bridgehead atoms. The summed E-state index contributed by atoms with van der Waals surface area (Å²) >= 11 is 0. The molecule has 3 heteroatoms. The van der Waals surface area contributed by atoms with E-state index in [1.165, 1.54) is 5.56 Å². The Morgan fingerprint density at radius 1 is 1.31 bits per heavy atom. The van der Waals surface area contributed by atoms with E-state index < -0.39 is 5.97 Å². The van der Waals surface area contributed by atoms with Gasteiger partial charge in [-0.3, -0.25) is 4.79 Å². The first-order valence-electron chi connectivity index (χ1n) is 5.76. The average Bonchev–Trinajstić information content (AvgIpc) is 2.30. The Balaban J connectivity index is 1.88. The van der Waals surface area contributed by atoms with E-state index in [0.717, 1.165) is 19.4 Å². The van der Waals surface area contributed by atoms with Crippen molar-refractivity contribution in [3.63, 3.8) is 0 Å². The van der Waals surface area contributed by atoms with Gasteiger partial charge >= 0.3 is 5.97 Å². The molecule has 0 saturated carbocycles. The lowest BCUT2D eigenvalue weighted by Gasteiger charge is -2.29. The average molecular weight is 219 g/mol. The van der Waals surface area contributed by atoms with Crippen LogP contribution in [0.25, 0.3) is 0 Å². The van der Waals surface area contributed by atoms with Crippen molar-refractivity contribution in [2.24, 2.45) is 5.92 Å². The molecule has 1 aliphatic rings. The molecule has 2 atom stereocenters. The summed E-state index contributed by atoms with van der Waals surface area (Å²) in [4.78, 5) is 10.6. The fraction of sp³-hybridized carbons (Fsp3) is 0.462. The van der Waals surface area contributed by atoms with E-state index in [1.54, 1.807) is 0 Å². The Labute approximate surface area is 95.5 Å². The summed E-state index contributed by atoms with van der Waals surface area (Å²) < 4.78 is 0. The van der Waals surface area contributed by atoms with Gasteiger partial charge in [0.25, 0.3) is 0 Å². The Hall–Kier alpha value is -1.35. The van der Waals surface area contributed by atoms with Crippen molar-refractivity contribution in [3.05, 3.63) is 35.9 Å². The summed E-state index contributed by atoms with van der Waals surface area (Å²) in [5.41, 5.74) is 1.30. The van der Waals surface area contributed by atoms with Gasteiger partial charge in [0.1, 0.15) is 0 Å². The van der Waals surface area contributed by atoms with Gasteiger partial charge in [0.2, 0.25) is 0 Å². The zero-order valence-electron chi connectivity index (χ0n) is 9.23. The standard InChI is InChI=1S/C13H17NO2/c15-13(16)8-10-6-7-12(14-9-10)11-4-2-1-3-5-11/h1-5,10,12,14H,6-9H2,(H,15,16). The van der Waals surface area contributed by atoms with Crippen LogP contribution in [0.1, 0.15) is 30.9 Å². The first-order valence-corrected chi connectivity index (χ1v) is 5.76. The minimum Gasteiger partial charge on any atom is -0.481 e. The number of rotatable bonds is 3. The van der Waals surface area contributed by atoms with Gasteiger partial charge in [0.15, 0.2) is 0 Å². The summed E-state index contributed by atoms with van der Waals surface area (Å²) in [5, 5.41) is 12.1. The van der Waals surface area contributed by atoms with Crippen molar-refractivity contribution in [2.45, 2.75) is 25.3 Å². The Bertz CT molecular complexity index is 342. The maximum absolute atomic E-state index is 10.6. The maximum atomic E-state index is 10.6. The summed E-state index contributed by atoms with van der Waals surface area (Å²) in [5.74, 6) is -0.401. The number of carboxylic acids is 1. The van der Waals surface area contributed by atoms with E-state index in [-0.39, 0.29) is 12.3 Å². The number of hydrogen-bond acceptors (Lipinski definition) is 2. The molecule has 16 heavy (non-hydrogen) atoms. The topological polar surface area (TPSA) is 49.3 Å². The third kappa shape index (κ3) is 2.83. The van der Waals surface area contributed by atoms with Crippen molar-refractivity contribution >= 4 is 5.97 Å². The highest BCUT2D eigenvalue weighted by Gasteiger charge is 2.22. The lowest BCUT2D eigenvalue weighted by atomic mass is 9.89. The smallest absolute Gasteiger partial charge is 0.303 e. The molecule has 1 aliphatic heterocycles. The maximum Gasteiger partial charge on any atom is 0.303 e. The third-order valence-corrected chi connectivity index (χ3v) is 3.18. The van der Waals surface area contributed by atoms with Crippen LogP contribution in [0.5, 0.6) is 0 Å². The minimum absolute atomic E-state index is 0.286. The molecule has 2 unspecified atom stereocenters. The number of carboxylic acid groups (broad SMARTS) is 1. The quantitative estimate of drug-likeness (QED) is 0.819. The van der Waals surface area contributed by atoms with Crippen LogP contribution in [0.4, 0.5) is 0 Å². The minimum atomic E-state index is -0.690. The molecule has 1 heterocycles. The van der Waals surface area contributed by atoms with Crippen LogP contribution in [-0.2, 0) is 4.79 Å². The molecule has 1 aromatic carbocycles. The van der Waals surface area contributed by atoms with E-state index in [4.69, 9.17) is 5.11 Å². The van der Waals surface area contributed by atoms with Gasteiger partial charge in [-0.1, -0.05) is 30.3 Å². The molecule has 0 radical (unpaired) electrons. The van der Waals surface area contributed by atoms with Crippen molar-refractivity contribution in [3.8, 4) is 0 Å². The molecule has 1 fully saturated rings. The second-order valence-corrected chi connectivity index (χ2v) is 4.41. The molecule has 3 nitrogen and oxygen atoms in total. The molecule has 1 saturated heterocycles. The number of carbonyl (C=O) groups is 1. The molecule has 0 amide bonds. The molecule has 0 aromatic heterocycles. The van der Waals surface area contributed by atoms with Crippen LogP contribution in [-0.4, -0.2) is 17.6 Å². The summed E-state index contributed by atoms with van der Waals surface area (Å²) in [7, 11) is 0. The van der Waals surface area contributed by atoms with Gasteiger partial charge in [0.05, 0.1) is 0 Å². The second-order valence-electron chi connectivity index (χ2n) is 4.41. The zero-order chi connectivity index (χ0) is 11.4. The Morgan fingerprint density at radius 2 is 2.06 bits per heavy atom. The van der Waals surface area contributed by atoms with E-state index in [9.17, 15) is 4.79 Å². The van der Waals surface area contributed by atoms with Crippen LogP contribution in [0.2, 0.25) is 0 Å². The van der Waals surface area contributed by atoms with Gasteiger partial charge in [-0.15, -0.1) is 0 Å². The van der Waals surface area contributed by atoms with E-state index in [0.29, 0.717) is 6.04 Å². The highest BCUT2D eigenvalue weighted by atomic mass is 16.4. The SMILES string of the molecule is O=C(O)CC1CCC(c2ccccc2)NC1. The van der Waals surface area contributed by atoms with Crippen molar-refractivity contribution in [1.29, 1.82) is 0 Å². The first kappa shape index (κ1) is 11.1. The fourth-order valence-electron chi connectivity index (χ4n) is 2.31. The highest BCUT2D eigenvalue weighted by molar-refractivity contribution is 5.67. The molecule has 2 N–H and O–H groups in total. The monoisotopic (exact) mass is 219 g/mol. The molecule has 2 rings (SSSR count). The third-order valence-electron chi connectivity index (χ3n) is 3.18. The lowest BCUT2D eigenvalue weighted by Crippen LogP contribution is -2.34. The molecule has 86 valence electrons. The molecule has 0 spiro atoms. The number of aliphatic carboxylic acids is 1. The number of benzene rings is 1. The molecule has 1 aromatic rings. The number of hydrogen-bond donors (Lipinski definition) is 2. The molecule has 0 aliphatic carbocycles. The van der Waals surface area contributed by atoms with Crippen LogP contribution >= 0.6 is 0 Å². The van der Waals surface area contributed by atoms with Crippen molar-refractivity contribution in [1.82, 2.24) is 5.32 Å². The van der Waals surface area contributed by atoms with Gasteiger partial charge < -0.3 is 10.4 Å². The second kappa shape index (κ2) is 5.12. The highest BCUT2D eigenvalue weighted by Crippen LogP contribution is 2.26. The molecular weight excluding hydrogens is 202 g/mol. The van der Waals surface area contributed by atoms with E-state index in [1.807, 2.05) is 18.2 Å². The van der Waals surface area contributed by atoms with Crippen molar-refractivity contribution in [2.75, 3.05) is 6.54 Å². The van der Waals surface area contributed by atoms with Crippen LogP contribution < -0.4 is 5.32 Å². The van der Waals surface area contributed by atoms with E-state index >= 15 is 0 Å². The Kier molecular flexibility index (Phi) is 3.57. The summed E-state index contributed by atoms with van der Waals surface area (Å²) in [6.45, 7) is 0.811. The van der Waals surface area contributed by atoms with Crippen molar-refractivity contribution < 1.29 is 9.90 Å². The normalized spacial score (nSPS) is 25.2. The van der Waals surface area contributed by atoms with E-state index in [2.05, 4.69) is 17.4 Å².